The Hall–Kier alpha value is -1.85. The quantitative estimate of drug-likeness (QED) is 0.732. The Morgan fingerprint density at radius 2 is 1.75 bits per heavy atom. The Bertz CT molecular complexity index is 830. The zero-order chi connectivity index (χ0) is 14.4. The van der Waals surface area contributed by atoms with Crippen LogP contribution >= 0.6 is 23.2 Å². The molecule has 7 heteroatoms. The second-order valence-electron chi connectivity index (χ2n) is 4.16. The van der Waals surface area contributed by atoms with Gasteiger partial charge in [-0.2, -0.15) is 0 Å². The molecule has 2 aromatic carbocycles. The molecule has 0 radical (unpaired) electrons. The first-order valence-corrected chi connectivity index (χ1v) is 6.31. The Balaban J connectivity index is 2.38. The van der Waals surface area contributed by atoms with Crippen molar-refractivity contribution in [2.75, 3.05) is 5.73 Å². The number of aromatic nitrogens is 2. The second kappa shape index (κ2) is 4.61. The van der Waals surface area contributed by atoms with Crippen LogP contribution in [-0.4, -0.2) is 9.55 Å². The molecule has 1 aromatic heterocycles. The average Bonchev–Trinajstić information content (AvgIpc) is 2.69. The highest BCUT2D eigenvalue weighted by atomic mass is 35.5. The number of imidazole rings is 1. The van der Waals surface area contributed by atoms with E-state index < -0.39 is 11.6 Å². The fourth-order valence-electron chi connectivity index (χ4n) is 2.00. The first-order chi connectivity index (χ1) is 9.47. The maximum atomic E-state index is 13.9. The van der Waals surface area contributed by atoms with Crippen LogP contribution in [0.1, 0.15) is 0 Å². The number of nitrogen functional groups attached to an aromatic ring is 1. The lowest BCUT2D eigenvalue weighted by Gasteiger charge is -2.08. The van der Waals surface area contributed by atoms with E-state index >= 15 is 0 Å². The van der Waals surface area contributed by atoms with E-state index in [9.17, 15) is 8.78 Å². The molecule has 20 heavy (non-hydrogen) atoms. The predicted molar refractivity (Wildman–Crippen MR) is 75.4 cm³/mol. The van der Waals surface area contributed by atoms with Gasteiger partial charge in [0.1, 0.15) is 11.6 Å². The van der Waals surface area contributed by atoms with Crippen LogP contribution in [0.3, 0.4) is 0 Å². The molecule has 0 aliphatic carbocycles. The molecule has 3 nitrogen and oxygen atoms in total. The minimum Gasteiger partial charge on any atom is -0.369 e. The van der Waals surface area contributed by atoms with Gasteiger partial charge < -0.3 is 5.73 Å². The van der Waals surface area contributed by atoms with Crippen molar-refractivity contribution in [2.24, 2.45) is 0 Å². The molecule has 0 atom stereocenters. The molecule has 102 valence electrons. The van der Waals surface area contributed by atoms with E-state index in [1.165, 1.54) is 16.7 Å². The van der Waals surface area contributed by atoms with Crippen molar-refractivity contribution in [3.63, 3.8) is 0 Å². The summed E-state index contributed by atoms with van der Waals surface area (Å²) < 4.78 is 28.5. The molecule has 0 saturated carbocycles. The highest BCUT2D eigenvalue weighted by molar-refractivity contribution is 6.42. The molecule has 3 rings (SSSR count). The summed E-state index contributed by atoms with van der Waals surface area (Å²) >= 11 is 11.8. The summed E-state index contributed by atoms with van der Waals surface area (Å²) in [6.45, 7) is 0. The number of nitrogens with zero attached hydrogens (tertiary/aromatic N) is 2. The zero-order valence-corrected chi connectivity index (χ0v) is 11.4. The normalized spacial score (nSPS) is 11.2. The number of anilines is 1. The highest BCUT2D eigenvalue weighted by Crippen LogP contribution is 2.31. The Morgan fingerprint density at radius 3 is 2.50 bits per heavy atom. The Morgan fingerprint density at radius 1 is 1.05 bits per heavy atom. The van der Waals surface area contributed by atoms with Crippen molar-refractivity contribution in [3.05, 3.63) is 52.0 Å². The molecular weight excluding hydrogens is 307 g/mol. The summed E-state index contributed by atoms with van der Waals surface area (Å²) in [6, 6.07) is 6.11. The summed E-state index contributed by atoms with van der Waals surface area (Å²) in [7, 11) is 0. The van der Waals surface area contributed by atoms with E-state index in [1.807, 2.05) is 0 Å². The summed E-state index contributed by atoms with van der Waals surface area (Å²) in [5.74, 6) is -1.19. The topological polar surface area (TPSA) is 43.8 Å². The third-order valence-electron chi connectivity index (χ3n) is 2.87. The van der Waals surface area contributed by atoms with Gasteiger partial charge >= 0.3 is 0 Å². The largest absolute Gasteiger partial charge is 0.369 e. The van der Waals surface area contributed by atoms with Crippen molar-refractivity contribution in [1.29, 1.82) is 0 Å². The first-order valence-electron chi connectivity index (χ1n) is 5.56. The molecule has 0 amide bonds. The molecule has 0 unspecified atom stereocenters. The summed E-state index contributed by atoms with van der Waals surface area (Å²) in [4.78, 5) is 4.07. The predicted octanol–water partition coefficient (Wildman–Crippen LogP) is 4.19. The fraction of sp³-hybridized carbons (Fsp3) is 0. The Labute approximate surface area is 122 Å². The maximum Gasteiger partial charge on any atom is 0.206 e. The first kappa shape index (κ1) is 13.1. The van der Waals surface area contributed by atoms with Crippen LogP contribution < -0.4 is 5.73 Å². The van der Waals surface area contributed by atoms with Gasteiger partial charge in [0.15, 0.2) is 0 Å². The summed E-state index contributed by atoms with van der Waals surface area (Å²) in [5.41, 5.74) is 6.63. The second-order valence-corrected chi connectivity index (χ2v) is 4.97. The molecule has 2 N–H and O–H groups in total. The Kier molecular flexibility index (Phi) is 3.03. The lowest BCUT2D eigenvalue weighted by atomic mass is 10.2. The van der Waals surface area contributed by atoms with E-state index in [4.69, 9.17) is 28.9 Å². The lowest BCUT2D eigenvalue weighted by Crippen LogP contribution is -2.03. The molecule has 0 fully saturated rings. The summed E-state index contributed by atoms with van der Waals surface area (Å²) in [5, 5.41) is 0.584. The zero-order valence-electron chi connectivity index (χ0n) is 9.87. The number of hydrogen-bond acceptors (Lipinski definition) is 2. The molecule has 0 aliphatic heterocycles. The number of halogens is 4. The van der Waals surface area contributed by atoms with Crippen LogP contribution in [0.25, 0.3) is 16.7 Å². The third kappa shape index (κ3) is 1.99. The van der Waals surface area contributed by atoms with Crippen LogP contribution in [0, 0.1) is 11.6 Å². The standard InChI is InChI=1S/C13H7Cl2F2N3/c14-7-4-10-12(5-8(7)15)20(13(18)19-10)11-3-6(16)1-2-9(11)17/h1-5H,(H2,18,19). The third-order valence-corrected chi connectivity index (χ3v) is 3.59. The van der Waals surface area contributed by atoms with Gasteiger partial charge in [0.05, 0.1) is 26.8 Å². The SMILES string of the molecule is Nc1nc2cc(Cl)c(Cl)cc2n1-c1cc(F)ccc1F. The molecule has 3 aromatic rings. The van der Waals surface area contributed by atoms with Crippen LogP contribution in [0.5, 0.6) is 0 Å². The highest BCUT2D eigenvalue weighted by Gasteiger charge is 2.16. The maximum absolute atomic E-state index is 13.9. The molecule has 0 aliphatic rings. The smallest absolute Gasteiger partial charge is 0.206 e. The van der Waals surface area contributed by atoms with Gasteiger partial charge in [-0.05, 0) is 24.3 Å². The van der Waals surface area contributed by atoms with E-state index in [0.29, 0.717) is 16.1 Å². The van der Waals surface area contributed by atoms with Crippen molar-refractivity contribution in [1.82, 2.24) is 9.55 Å². The molecule has 0 saturated heterocycles. The van der Waals surface area contributed by atoms with E-state index in [2.05, 4.69) is 4.98 Å². The molecule has 1 heterocycles. The van der Waals surface area contributed by atoms with E-state index in [1.54, 1.807) is 0 Å². The van der Waals surface area contributed by atoms with Gasteiger partial charge in [0.2, 0.25) is 5.95 Å². The van der Waals surface area contributed by atoms with Crippen LogP contribution in [0.15, 0.2) is 30.3 Å². The molecular formula is C13H7Cl2F2N3. The van der Waals surface area contributed by atoms with Crippen LogP contribution in [0.4, 0.5) is 14.7 Å². The fourth-order valence-corrected chi connectivity index (χ4v) is 2.32. The van der Waals surface area contributed by atoms with Crippen molar-refractivity contribution >= 4 is 40.2 Å². The monoisotopic (exact) mass is 313 g/mol. The minimum absolute atomic E-state index is 0.0165. The van der Waals surface area contributed by atoms with Gasteiger partial charge in [-0.3, -0.25) is 4.57 Å². The van der Waals surface area contributed by atoms with Gasteiger partial charge in [0.25, 0.3) is 0 Å². The number of benzene rings is 2. The van der Waals surface area contributed by atoms with Crippen molar-refractivity contribution < 1.29 is 8.78 Å². The summed E-state index contributed by atoms with van der Waals surface area (Å²) in [6.07, 6.45) is 0. The van der Waals surface area contributed by atoms with Gasteiger partial charge in [-0.25, -0.2) is 13.8 Å². The average molecular weight is 314 g/mol. The number of hydrogen-bond donors (Lipinski definition) is 1. The molecule has 0 bridgehead atoms. The van der Waals surface area contributed by atoms with Gasteiger partial charge in [0, 0.05) is 6.07 Å². The minimum atomic E-state index is -0.622. The number of fused-ring (bicyclic) bond motifs is 1. The van der Waals surface area contributed by atoms with Crippen molar-refractivity contribution in [3.8, 4) is 5.69 Å². The number of rotatable bonds is 1. The van der Waals surface area contributed by atoms with E-state index in [-0.39, 0.29) is 16.7 Å². The van der Waals surface area contributed by atoms with Gasteiger partial charge in [-0.1, -0.05) is 23.2 Å². The van der Waals surface area contributed by atoms with Gasteiger partial charge in [-0.15, -0.1) is 0 Å². The van der Waals surface area contributed by atoms with Crippen molar-refractivity contribution in [2.45, 2.75) is 0 Å². The van der Waals surface area contributed by atoms with Crippen LogP contribution in [0.2, 0.25) is 10.0 Å². The molecule has 0 spiro atoms. The lowest BCUT2D eigenvalue weighted by molar-refractivity contribution is 0.594. The van der Waals surface area contributed by atoms with Crippen LogP contribution in [-0.2, 0) is 0 Å². The number of nitrogens with two attached hydrogens (primary N) is 1. The van der Waals surface area contributed by atoms with E-state index in [0.717, 1.165) is 18.2 Å².